The van der Waals surface area contributed by atoms with E-state index < -0.39 is 0 Å². The maximum absolute atomic E-state index is 8.18. The molecule has 0 unspecified atom stereocenters. The molecule has 0 radical (unpaired) electrons. The van der Waals surface area contributed by atoms with Crippen molar-refractivity contribution in [1.82, 2.24) is 4.57 Å². The van der Waals surface area contributed by atoms with E-state index in [1.165, 1.54) is 10.6 Å². The van der Waals surface area contributed by atoms with Crippen molar-refractivity contribution in [1.29, 1.82) is 10.8 Å². The van der Waals surface area contributed by atoms with Crippen LogP contribution in [0.25, 0.3) is 0 Å². The highest BCUT2D eigenvalue weighted by Crippen LogP contribution is 2.17. The Morgan fingerprint density at radius 1 is 1.17 bits per heavy atom. The molecule has 0 saturated carbocycles. The van der Waals surface area contributed by atoms with Crippen LogP contribution in [0.1, 0.15) is 11.3 Å². The molecule has 2 N–H and O–H groups in total. The molecule has 0 amide bonds. The number of nitrogens with zero attached hydrogens (tertiary/aromatic N) is 1. The summed E-state index contributed by atoms with van der Waals surface area (Å²) in [5.74, 6) is 0.166. The standard InChI is InChI=1S/C13H11Cl2N3/c1-8-6-9(14)7-12(16)18(8)13(17)10-4-2-3-5-11(10)15/h2-7,16-17H,1H3. The predicted octanol–water partition coefficient (Wildman–Crippen LogP) is 3.46. The second kappa shape index (κ2) is 4.96. The van der Waals surface area contributed by atoms with Crippen LogP contribution < -0.4 is 5.49 Å². The first-order valence-electron chi connectivity index (χ1n) is 5.28. The number of hydrogen-bond donors (Lipinski definition) is 2. The summed E-state index contributed by atoms with van der Waals surface area (Å²) in [5.41, 5.74) is 1.46. The molecule has 2 aromatic rings. The summed E-state index contributed by atoms with van der Waals surface area (Å²) in [5, 5.41) is 17.1. The van der Waals surface area contributed by atoms with Crippen molar-refractivity contribution in [2.24, 2.45) is 0 Å². The van der Waals surface area contributed by atoms with Gasteiger partial charge < -0.3 is 0 Å². The van der Waals surface area contributed by atoms with Gasteiger partial charge in [0.15, 0.2) is 0 Å². The number of benzene rings is 1. The number of aromatic nitrogens is 1. The third-order valence-corrected chi connectivity index (χ3v) is 3.12. The van der Waals surface area contributed by atoms with Crippen LogP contribution >= 0.6 is 23.2 Å². The van der Waals surface area contributed by atoms with Crippen molar-refractivity contribution in [2.75, 3.05) is 0 Å². The number of rotatable bonds is 1. The lowest BCUT2D eigenvalue weighted by Crippen LogP contribution is -2.29. The summed E-state index contributed by atoms with van der Waals surface area (Å²) in [6.07, 6.45) is 0. The van der Waals surface area contributed by atoms with Gasteiger partial charge in [0.2, 0.25) is 0 Å². The molecule has 0 aliphatic rings. The highest BCUT2D eigenvalue weighted by Gasteiger charge is 2.10. The lowest BCUT2D eigenvalue weighted by atomic mass is 10.2. The van der Waals surface area contributed by atoms with E-state index >= 15 is 0 Å². The molecule has 0 spiro atoms. The SMILES string of the molecule is Cc1cc(Cl)cc(=N)n1C(=N)c1ccccc1Cl. The molecule has 0 fully saturated rings. The van der Waals surface area contributed by atoms with Gasteiger partial charge in [-0.25, -0.2) is 0 Å². The van der Waals surface area contributed by atoms with Crippen LogP contribution in [0.4, 0.5) is 0 Å². The van der Waals surface area contributed by atoms with Gasteiger partial charge in [-0.2, -0.15) is 0 Å². The molecular weight excluding hydrogens is 269 g/mol. The Balaban J connectivity index is 2.61. The quantitative estimate of drug-likeness (QED) is 0.594. The van der Waals surface area contributed by atoms with Crippen molar-refractivity contribution in [3.05, 3.63) is 63.2 Å². The molecule has 0 aliphatic carbocycles. The number of halogens is 2. The Morgan fingerprint density at radius 3 is 2.44 bits per heavy atom. The minimum Gasteiger partial charge on any atom is -0.284 e. The third-order valence-electron chi connectivity index (χ3n) is 2.57. The van der Waals surface area contributed by atoms with E-state index in [2.05, 4.69) is 0 Å². The summed E-state index contributed by atoms with van der Waals surface area (Å²) in [6.45, 7) is 1.80. The summed E-state index contributed by atoms with van der Waals surface area (Å²) < 4.78 is 1.49. The first-order chi connectivity index (χ1) is 8.50. The van der Waals surface area contributed by atoms with Crippen LogP contribution in [-0.2, 0) is 0 Å². The number of aryl methyl sites for hydroxylation is 1. The van der Waals surface area contributed by atoms with E-state index in [9.17, 15) is 0 Å². The van der Waals surface area contributed by atoms with E-state index in [1.807, 2.05) is 6.07 Å². The Hall–Kier alpha value is -1.58. The molecule has 18 heavy (non-hydrogen) atoms. The summed E-state index contributed by atoms with van der Waals surface area (Å²) in [6, 6.07) is 10.3. The van der Waals surface area contributed by atoms with Gasteiger partial charge in [-0.15, -0.1) is 0 Å². The van der Waals surface area contributed by atoms with Crippen molar-refractivity contribution in [3.8, 4) is 0 Å². The second-order valence-electron chi connectivity index (χ2n) is 3.86. The average molecular weight is 280 g/mol. The zero-order valence-corrected chi connectivity index (χ0v) is 11.2. The molecule has 3 nitrogen and oxygen atoms in total. The number of pyridine rings is 1. The summed E-state index contributed by atoms with van der Waals surface area (Å²) in [4.78, 5) is 0. The first kappa shape index (κ1) is 12.9. The van der Waals surface area contributed by atoms with Gasteiger partial charge in [-0.05, 0) is 31.2 Å². The molecule has 5 heteroatoms. The van der Waals surface area contributed by atoms with Crippen molar-refractivity contribution < 1.29 is 0 Å². The first-order valence-corrected chi connectivity index (χ1v) is 6.04. The average Bonchev–Trinajstić information content (AvgIpc) is 2.27. The van der Waals surface area contributed by atoms with E-state index in [-0.39, 0.29) is 11.3 Å². The molecule has 1 aromatic heterocycles. The monoisotopic (exact) mass is 279 g/mol. The molecule has 2 rings (SSSR count). The smallest absolute Gasteiger partial charge is 0.139 e. The lowest BCUT2D eigenvalue weighted by Gasteiger charge is -2.13. The molecule has 0 saturated heterocycles. The van der Waals surface area contributed by atoms with Gasteiger partial charge in [0.05, 0.1) is 5.02 Å². The molecule has 0 atom stereocenters. The topological polar surface area (TPSA) is 52.6 Å². The summed E-state index contributed by atoms with van der Waals surface area (Å²) >= 11 is 11.9. The van der Waals surface area contributed by atoms with Crippen molar-refractivity contribution >= 4 is 29.0 Å². The normalized spacial score (nSPS) is 10.4. The molecule has 1 heterocycles. The largest absolute Gasteiger partial charge is 0.284 e. The van der Waals surface area contributed by atoms with E-state index in [0.29, 0.717) is 15.6 Å². The second-order valence-corrected chi connectivity index (χ2v) is 4.71. The lowest BCUT2D eigenvalue weighted by molar-refractivity contribution is 0.921. The van der Waals surface area contributed by atoms with Gasteiger partial charge in [0, 0.05) is 16.3 Å². The fraction of sp³-hybridized carbons (Fsp3) is 0.0769. The molecule has 92 valence electrons. The predicted molar refractivity (Wildman–Crippen MR) is 73.7 cm³/mol. The molecule has 0 bridgehead atoms. The summed E-state index contributed by atoms with van der Waals surface area (Å²) in [7, 11) is 0. The fourth-order valence-electron chi connectivity index (χ4n) is 1.76. The number of hydrogen-bond acceptors (Lipinski definition) is 2. The van der Waals surface area contributed by atoms with Crippen LogP contribution in [-0.4, -0.2) is 10.4 Å². The third kappa shape index (κ3) is 2.33. The van der Waals surface area contributed by atoms with Crippen LogP contribution in [0.3, 0.4) is 0 Å². The molecular formula is C13H11Cl2N3. The number of nitrogens with one attached hydrogen (secondary N) is 2. The Kier molecular flexibility index (Phi) is 3.55. The molecule has 1 aromatic carbocycles. The van der Waals surface area contributed by atoms with Crippen molar-refractivity contribution in [2.45, 2.75) is 6.92 Å². The van der Waals surface area contributed by atoms with Gasteiger partial charge in [0.1, 0.15) is 11.3 Å². The van der Waals surface area contributed by atoms with Crippen LogP contribution in [0.5, 0.6) is 0 Å². The van der Waals surface area contributed by atoms with Gasteiger partial charge in [0.25, 0.3) is 0 Å². The van der Waals surface area contributed by atoms with Crippen LogP contribution in [0, 0.1) is 17.7 Å². The maximum atomic E-state index is 8.18. The maximum Gasteiger partial charge on any atom is 0.139 e. The van der Waals surface area contributed by atoms with Crippen LogP contribution in [0.2, 0.25) is 10.0 Å². The minimum atomic E-state index is 0.157. The zero-order valence-electron chi connectivity index (χ0n) is 9.67. The van der Waals surface area contributed by atoms with E-state index in [4.69, 9.17) is 34.0 Å². The van der Waals surface area contributed by atoms with Gasteiger partial charge >= 0.3 is 0 Å². The van der Waals surface area contributed by atoms with Gasteiger partial charge in [-0.1, -0.05) is 35.3 Å². The molecule has 0 aliphatic heterocycles. The Labute approximate surface area is 115 Å². The van der Waals surface area contributed by atoms with Crippen LogP contribution in [0.15, 0.2) is 36.4 Å². The highest BCUT2D eigenvalue weighted by atomic mass is 35.5. The Bertz CT molecular complexity index is 674. The fourth-order valence-corrected chi connectivity index (χ4v) is 2.25. The minimum absolute atomic E-state index is 0.157. The van der Waals surface area contributed by atoms with Gasteiger partial charge in [-0.3, -0.25) is 15.4 Å². The van der Waals surface area contributed by atoms with E-state index in [0.717, 1.165) is 5.69 Å². The van der Waals surface area contributed by atoms with E-state index in [1.54, 1.807) is 31.2 Å². The Morgan fingerprint density at radius 2 is 1.83 bits per heavy atom. The van der Waals surface area contributed by atoms with Crippen molar-refractivity contribution in [3.63, 3.8) is 0 Å². The zero-order chi connectivity index (χ0) is 13.3. The highest BCUT2D eigenvalue weighted by molar-refractivity contribution is 6.34.